The Hall–Kier alpha value is -1.84. The van der Waals surface area contributed by atoms with Crippen molar-refractivity contribution < 1.29 is 9.84 Å². The highest BCUT2D eigenvalue weighted by atomic mass is 16.5. The summed E-state index contributed by atoms with van der Waals surface area (Å²) in [7, 11) is 0. The van der Waals surface area contributed by atoms with Gasteiger partial charge in [-0.15, -0.1) is 0 Å². The maximum Gasteiger partial charge on any atom is 0.130 e. The number of rotatable bonds is 6. The minimum absolute atomic E-state index is 0.0977. The predicted octanol–water partition coefficient (Wildman–Crippen LogP) is 4.12. The first-order valence-corrected chi connectivity index (χ1v) is 7.70. The van der Waals surface area contributed by atoms with Gasteiger partial charge in [0.2, 0.25) is 0 Å². The van der Waals surface area contributed by atoms with Gasteiger partial charge in [0.25, 0.3) is 0 Å². The fourth-order valence-corrected chi connectivity index (χ4v) is 2.29. The number of aryl methyl sites for hydroxylation is 1. The Morgan fingerprint density at radius 3 is 2.32 bits per heavy atom. The molecule has 0 saturated carbocycles. The summed E-state index contributed by atoms with van der Waals surface area (Å²) in [6.45, 7) is 6.13. The summed E-state index contributed by atoms with van der Waals surface area (Å²) >= 11 is 0. The number of hydrogen-bond acceptors (Lipinski definition) is 3. The van der Waals surface area contributed by atoms with Crippen LogP contribution in [0.25, 0.3) is 0 Å². The quantitative estimate of drug-likeness (QED) is 0.788. The molecule has 3 heteroatoms. The number of nitrogens with one attached hydrogen (secondary N) is 1. The molecule has 0 aliphatic carbocycles. The molecule has 1 unspecified atom stereocenters. The molecule has 0 aliphatic rings. The first-order valence-electron chi connectivity index (χ1n) is 7.70. The highest BCUT2D eigenvalue weighted by Gasteiger charge is 2.15. The van der Waals surface area contributed by atoms with E-state index in [4.69, 9.17) is 4.74 Å². The van der Waals surface area contributed by atoms with E-state index in [0.29, 0.717) is 6.42 Å². The van der Waals surface area contributed by atoms with Gasteiger partial charge in [0.1, 0.15) is 17.7 Å². The molecule has 0 heterocycles. The van der Waals surface area contributed by atoms with E-state index >= 15 is 0 Å². The number of hydrogen-bond donors (Lipinski definition) is 2. The van der Waals surface area contributed by atoms with Crippen molar-refractivity contribution in [3.63, 3.8) is 0 Å². The van der Waals surface area contributed by atoms with Gasteiger partial charge in [-0.2, -0.15) is 0 Å². The highest BCUT2D eigenvalue weighted by molar-refractivity contribution is 5.37. The Bertz CT molecular complexity index is 575. The van der Waals surface area contributed by atoms with Crippen molar-refractivity contribution >= 4 is 0 Å². The highest BCUT2D eigenvalue weighted by Crippen LogP contribution is 2.26. The zero-order valence-corrected chi connectivity index (χ0v) is 13.5. The van der Waals surface area contributed by atoms with Gasteiger partial charge in [0.15, 0.2) is 0 Å². The molecule has 2 aromatic carbocycles. The first-order chi connectivity index (χ1) is 10.4. The van der Waals surface area contributed by atoms with Crippen LogP contribution in [0.3, 0.4) is 0 Å². The van der Waals surface area contributed by atoms with Crippen LogP contribution in [-0.2, 0) is 6.42 Å². The number of benzene rings is 2. The Morgan fingerprint density at radius 2 is 1.64 bits per heavy atom. The third-order valence-corrected chi connectivity index (χ3v) is 3.23. The third kappa shape index (κ3) is 5.51. The predicted molar refractivity (Wildman–Crippen MR) is 90.2 cm³/mol. The molecule has 1 atom stereocenters. The number of aliphatic hydroxyl groups excluding tert-OH is 1. The first kappa shape index (κ1) is 16.5. The van der Waals surface area contributed by atoms with Crippen molar-refractivity contribution in [2.45, 2.75) is 45.4 Å². The number of ether oxygens (including phenoxy) is 1. The van der Waals surface area contributed by atoms with Crippen LogP contribution in [0.4, 0.5) is 0 Å². The fourth-order valence-electron chi connectivity index (χ4n) is 2.29. The zero-order chi connectivity index (χ0) is 16.0. The summed E-state index contributed by atoms with van der Waals surface area (Å²) in [5, 5.41) is 13.2. The molecule has 0 amide bonds. The lowest BCUT2D eigenvalue weighted by Crippen LogP contribution is -2.43. The normalized spacial score (nSPS) is 12.9. The average molecular weight is 299 g/mol. The van der Waals surface area contributed by atoms with Gasteiger partial charge in [0.05, 0.1) is 0 Å². The SMILES string of the molecule is CC(C)(C)NC(O)CCc1ccccc1Oc1ccccc1. The molecule has 0 spiro atoms. The van der Waals surface area contributed by atoms with Gasteiger partial charge in [-0.05, 0) is 57.4 Å². The van der Waals surface area contributed by atoms with Crippen LogP contribution in [0.1, 0.15) is 32.8 Å². The Kier molecular flexibility index (Phi) is 5.58. The van der Waals surface area contributed by atoms with Crippen molar-refractivity contribution in [2.24, 2.45) is 0 Å². The smallest absolute Gasteiger partial charge is 0.130 e. The van der Waals surface area contributed by atoms with Crippen molar-refractivity contribution in [3.8, 4) is 11.5 Å². The van der Waals surface area contributed by atoms with Crippen molar-refractivity contribution in [1.29, 1.82) is 0 Å². The van der Waals surface area contributed by atoms with E-state index in [2.05, 4.69) is 5.32 Å². The summed E-state index contributed by atoms with van der Waals surface area (Å²) in [5.41, 5.74) is 1.00. The molecule has 22 heavy (non-hydrogen) atoms. The summed E-state index contributed by atoms with van der Waals surface area (Å²) in [5.74, 6) is 1.67. The van der Waals surface area contributed by atoms with Gasteiger partial charge >= 0.3 is 0 Å². The molecular formula is C19H25NO2. The molecule has 0 fully saturated rings. The summed E-state index contributed by atoms with van der Waals surface area (Å²) < 4.78 is 5.94. The number of aliphatic hydroxyl groups is 1. The molecule has 2 rings (SSSR count). The summed E-state index contributed by atoms with van der Waals surface area (Å²) in [6, 6.07) is 17.7. The molecule has 2 N–H and O–H groups in total. The van der Waals surface area contributed by atoms with E-state index in [9.17, 15) is 5.11 Å². The largest absolute Gasteiger partial charge is 0.457 e. The molecular weight excluding hydrogens is 274 g/mol. The van der Waals surface area contributed by atoms with Gasteiger partial charge < -0.3 is 9.84 Å². The molecule has 3 nitrogen and oxygen atoms in total. The Morgan fingerprint density at radius 1 is 1.00 bits per heavy atom. The molecule has 2 aromatic rings. The topological polar surface area (TPSA) is 41.5 Å². The monoisotopic (exact) mass is 299 g/mol. The second-order valence-electron chi connectivity index (χ2n) is 6.47. The van der Waals surface area contributed by atoms with Crippen molar-refractivity contribution in [2.75, 3.05) is 0 Å². The average Bonchev–Trinajstić information content (AvgIpc) is 2.46. The van der Waals surface area contributed by atoms with Crippen LogP contribution in [-0.4, -0.2) is 16.9 Å². The van der Waals surface area contributed by atoms with E-state index in [0.717, 1.165) is 23.5 Å². The van der Waals surface area contributed by atoms with Crippen LogP contribution >= 0.6 is 0 Å². The minimum Gasteiger partial charge on any atom is -0.457 e. The Labute approximate surface area is 133 Å². The van der Waals surface area contributed by atoms with Crippen LogP contribution in [0.15, 0.2) is 54.6 Å². The van der Waals surface area contributed by atoms with E-state index in [-0.39, 0.29) is 5.54 Å². The van der Waals surface area contributed by atoms with Crippen LogP contribution in [0.2, 0.25) is 0 Å². The van der Waals surface area contributed by atoms with Gasteiger partial charge in [-0.3, -0.25) is 5.32 Å². The van der Waals surface area contributed by atoms with Crippen LogP contribution in [0.5, 0.6) is 11.5 Å². The van der Waals surface area contributed by atoms with E-state index in [1.807, 2.05) is 75.4 Å². The molecule has 0 saturated heterocycles. The lowest BCUT2D eigenvalue weighted by molar-refractivity contribution is 0.0979. The van der Waals surface area contributed by atoms with Crippen molar-refractivity contribution in [3.05, 3.63) is 60.2 Å². The van der Waals surface area contributed by atoms with Gasteiger partial charge in [-0.25, -0.2) is 0 Å². The van der Waals surface area contributed by atoms with Gasteiger partial charge in [0, 0.05) is 5.54 Å². The lowest BCUT2D eigenvalue weighted by Gasteiger charge is -2.25. The maximum absolute atomic E-state index is 10.1. The van der Waals surface area contributed by atoms with E-state index in [1.54, 1.807) is 0 Å². The molecule has 0 aliphatic heterocycles. The third-order valence-electron chi connectivity index (χ3n) is 3.23. The second kappa shape index (κ2) is 7.43. The second-order valence-corrected chi connectivity index (χ2v) is 6.47. The Balaban J connectivity index is 2.00. The molecule has 0 aromatic heterocycles. The maximum atomic E-state index is 10.1. The van der Waals surface area contributed by atoms with E-state index in [1.165, 1.54) is 0 Å². The van der Waals surface area contributed by atoms with Crippen LogP contribution in [0, 0.1) is 0 Å². The van der Waals surface area contributed by atoms with Crippen molar-refractivity contribution in [1.82, 2.24) is 5.32 Å². The molecule has 118 valence electrons. The standard InChI is InChI=1S/C19H25NO2/c1-19(2,3)20-18(21)14-13-15-9-7-8-12-17(15)22-16-10-5-4-6-11-16/h4-12,18,20-21H,13-14H2,1-3H3. The zero-order valence-electron chi connectivity index (χ0n) is 13.5. The summed E-state index contributed by atoms with van der Waals surface area (Å²) in [6.07, 6.45) is 0.879. The number of para-hydroxylation sites is 2. The van der Waals surface area contributed by atoms with Gasteiger partial charge in [-0.1, -0.05) is 36.4 Å². The minimum atomic E-state index is -0.523. The summed E-state index contributed by atoms with van der Waals surface area (Å²) in [4.78, 5) is 0. The van der Waals surface area contributed by atoms with Crippen LogP contribution < -0.4 is 10.1 Å². The molecule has 0 bridgehead atoms. The van der Waals surface area contributed by atoms with E-state index < -0.39 is 6.23 Å². The molecule has 0 radical (unpaired) electrons. The fraction of sp³-hybridized carbons (Fsp3) is 0.368. The lowest BCUT2D eigenvalue weighted by atomic mass is 10.1.